The van der Waals surface area contributed by atoms with Crippen molar-refractivity contribution < 1.29 is 9.53 Å². The number of nitrogens with one attached hydrogen (secondary N) is 1. The van der Waals surface area contributed by atoms with Crippen molar-refractivity contribution in [2.24, 2.45) is 0 Å². The van der Waals surface area contributed by atoms with Gasteiger partial charge in [-0.25, -0.2) is 9.67 Å². The van der Waals surface area contributed by atoms with Crippen LogP contribution in [0.1, 0.15) is 17.8 Å². The van der Waals surface area contributed by atoms with Gasteiger partial charge in [-0.3, -0.25) is 14.2 Å². The molecule has 2 aromatic carbocycles. The van der Waals surface area contributed by atoms with Gasteiger partial charge in [-0.1, -0.05) is 29.8 Å². The van der Waals surface area contributed by atoms with E-state index in [9.17, 15) is 9.59 Å². The van der Waals surface area contributed by atoms with Gasteiger partial charge in [-0.15, -0.1) is 0 Å². The summed E-state index contributed by atoms with van der Waals surface area (Å²) in [6.07, 6.45) is 1.65. The Kier molecular flexibility index (Phi) is 5.53. The van der Waals surface area contributed by atoms with Crippen molar-refractivity contribution in [3.05, 3.63) is 76.5 Å². The summed E-state index contributed by atoms with van der Waals surface area (Å²) in [6, 6.07) is 15.0. The summed E-state index contributed by atoms with van der Waals surface area (Å²) >= 11 is 0. The number of carbonyl (C=O) groups is 1. The maximum atomic E-state index is 13.0. The van der Waals surface area contributed by atoms with E-state index in [0.717, 1.165) is 11.3 Å². The molecule has 0 aliphatic carbocycles. The first-order chi connectivity index (χ1) is 15.0. The predicted molar refractivity (Wildman–Crippen MR) is 119 cm³/mol. The highest BCUT2D eigenvalue weighted by Crippen LogP contribution is 2.23. The number of nitrogens with zero attached hydrogens (tertiary/aromatic N) is 4. The molecule has 0 fully saturated rings. The van der Waals surface area contributed by atoms with Crippen molar-refractivity contribution in [1.82, 2.24) is 19.3 Å². The second kappa shape index (κ2) is 8.43. The SMILES string of the molecule is COc1ccccc1NC(=O)CCn1c(C)nc2c(cnn2-c2ccc(C)cc2)c1=O. The number of rotatable bonds is 6. The van der Waals surface area contributed by atoms with E-state index in [1.165, 1.54) is 10.8 Å². The Bertz CT molecular complexity index is 1310. The number of amides is 1. The number of benzene rings is 2. The predicted octanol–water partition coefficient (Wildman–Crippen LogP) is 3.24. The van der Waals surface area contributed by atoms with Gasteiger partial charge < -0.3 is 10.1 Å². The van der Waals surface area contributed by atoms with E-state index in [1.54, 1.807) is 30.8 Å². The summed E-state index contributed by atoms with van der Waals surface area (Å²) < 4.78 is 8.41. The van der Waals surface area contributed by atoms with Crippen LogP contribution in [0.4, 0.5) is 5.69 Å². The van der Waals surface area contributed by atoms with Crippen LogP contribution in [0.25, 0.3) is 16.7 Å². The molecular formula is C23H23N5O3. The summed E-state index contributed by atoms with van der Waals surface area (Å²) in [4.78, 5) is 30.1. The molecule has 8 nitrogen and oxygen atoms in total. The highest BCUT2D eigenvalue weighted by Gasteiger charge is 2.15. The molecule has 1 N–H and O–H groups in total. The Morgan fingerprint density at radius 3 is 2.58 bits per heavy atom. The van der Waals surface area contributed by atoms with Gasteiger partial charge in [-0.2, -0.15) is 5.10 Å². The molecule has 0 saturated carbocycles. The highest BCUT2D eigenvalue weighted by atomic mass is 16.5. The first-order valence-electron chi connectivity index (χ1n) is 9.93. The van der Waals surface area contributed by atoms with Crippen LogP contribution >= 0.6 is 0 Å². The molecule has 0 bridgehead atoms. The third kappa shape index (κ3) is 4.05. The average Bonchev–Trinajstić information content (AvgIpc) is 3.18. The minimum Gasteiger partial charge on any atom is -0.495 e. The second-order valence-corrected chi connectivity index (χ2v) is 7.24. The van der Waals surface area contributed by atoms with Gasteiger partial charge in [0.1, 0.15) is 17.0 Å². The fourth-order valence-electron chi connectivity index (χ4n) is 3.42. The molecule has 2 heterocycles. The number of aryl methyl sites for hydroxylation is 2. The molecule has 0 radical (unpaired) electrons. The maximum absolute atomic E-state index is 13.0. The van der Waals surface area contributed by atoms with E-state index in [-0.39, 0.29) is 24.4 Å². The molecule has 0 atom stereocenters. The normalized spacial score (nSPS) is 10.9. The Morgan fingerprint density at radius 1 is 1.10 bits per heavy atom. The lowest BCUT2D eigenvalue weighted by atomic mass is 10.2. The van der Waals surface area contributed by atoms with Crippen molar-refractivity contribution in [2.75, 3.05) is 12.4 Å². The van der Waals surface area contributed by atoms with E-state index in [2.05, 4.69) is 15.4 Å². The van der Waals surface area contributed by atoms with Gasteiger partial charge in [0, 0.05) is 13.0 Å². The lowest BCUT2D eigenvalue weighted by molar-refractivity contribution is -0.116. The molecule has 31 heavy (non-hydrogen) atoms. The summed E-state index contributed by atoms with van der Waals surface area (Å²) in [5.41, 5.74) is 2.85. The van der Waals surface area contributed by atoms with E-state index in [1.807, 2.05) is 43.3 Å². The Hall–Kier alpha value is -3.94. The van der Waals surface area contributed by atoms with Crippen molar-refractivity contribution in [3.8, 4) is 11.4 Å². The van der Waals surface area contributed by atoms with Crippen LogP contribution in [0, 0.1) is 13.8 Å². The van der Waals surface area contributed by atoms with Gasteiger partial charge in [0.05, 0.1) is 24.7 Å². The van der Waals surface area contributed by atoms with E-state index in [0.29, 0.717) is 28.3 Å². The molecule has 2 aromatic heterocycles. The molecule has 4 aromatic rings. The van der Waals surface area contributed by atoms with Gasteiger partial charge in [-0.05, 0) is 38.1 Å². The number of methoxy groups -OCH3 is 1. The Balaban J connectivity index is 1.57. The maximum Gasteiger partial charge on any atom is 0.264 e. The van der Waals surface area contributed by atoms with Crippen molar-refractivity contribution in [2.45, 2.75) is 26.8 Å². The molecular weight excluding hydrogens is 394 g/mol. The summed E-state index contributed by atoms with van der Waals surface area (Å²) in [5, 5.41) is 7.59. The summed E-state index contributed by atoms with van der Waals surface area (Å²) in [5.74, 6) is 0.888. The largest absolute Gasteiger partial charge is 0.495 e. The number of aromatic nitrogens is 4. The van der Waals surface area contributed by atoms with Crippen LogP contribution < -0.4 is 15.6 Å². The third-order valence-electron chi connectivity index (χ3n) is 5.10. The van der Waals surface area contributed by atoms with Gasteiger partial charge in [0.15, 0.2) is 5.65 Å². The Labute approximate surface area is 179 Å². The van der Waals surface area contributed by atoms with Crippen LogP contribution in [-0.2, 0) is 11.3 Å². The van der Waals surface area contributed by atoms with Crippen molar-refractivity contribution >= 4 is 22.6 Å². The third-order valence-corrected chi connectivity index (χ3v) is 5.10. The second-order valence-electron chi connectivity index (χ2n) is 7.24. The number of carbonyl (C=O) groups excluding carboxylic acids is 1. The summed E-state index contributed by atoms with van der Waals surface area (Å²) in [7, 11) is 1.55. The Morgan fingerprint density at radius 2 is 1.84 bits per heavy atom. The number of para-hydroxylation sites is 2. The summed E-state index contributed by atoms with van der Waals surface area (Å²) in [6.45, 7) is 3.98. The minimum atomic E-state index is -0.217. The van der Waals surface area contributed by atoms with Gasteiger partial charge >= 0.3 is 0 Å². The topological polar surface area (TPSA) is 91.0 Å². The highest BCUT2D eigenvalue weighted by molar-refractivity contribution is 5.92. The first-order valence-corrected chi connectivity index (χ1v) is 9.93. The molecule has 4 rings (SSSR count). The minimum absolute atomic E-state index is 0.123. The van der Waals surface area contributed by atoms with Crippen molar-refractivity contribution in [1.29, 1.82) is 0 Å². The van der Waals surface area contributed by atoms with Gasteiger partial charge in [0.2, 0.25) is 5.91 Å². The van der Waals surface area contributed by atoms with Crippen LogP contribution in [-0.4, -0.2) is 32.3 Å². The van der Waals surface area contributed by atoms with Crippen LogP contribution in [0.2, 0.25) is 0 Å². The quantitative estimate of drug-likeness (QED) is 0.520. The number of anilines is 1. The van der Waals surface area contributed by atoms with E-state index in [4.69, 9.17) is 4.74 Å². The molecule has 158 valence electrons. The fraction of sp³-hybridized carbons (Fsp3) is 0.217. The number of fused-ring (bicyclic) bond motifs is 1. The average molecular weight is 417 g/mol. The van der Waals surface area contributed by atoms with Crippen LogP contribution in [0.5, 0.6) is 5.75 Å². The monoisotopic (exact) mass is 417 g/mol. The van der Waals surface area contributed by atoms with E-state index >= 15 is 0 Å². The van der Waals surface area contributed by atoms with E-state index < -0.39 is 0 Å². The lowest BCUT2D eigenvalue weighted by Gasteiger charge is -2.12. The van der Waals surface area contributed by atoms with Crippen LogP contribution in [0.15, 0.2) is 59.5 Å². The standard InChI is InChI=1S/C23H23N5O3/c1-15-8-10-17(11-9-15)28-22-18(14-24-28)23(30)27(16(2)25-22)13-12-21(29)26-19-6-4-5-7-20(19)31-3/h4-11,14H,12-13H2,1-3H3,(H,26,29). The first kappa shape index (κ1) is 20.3. The molecule has 0 unspecified atom stereocenters. The zero-order chi connectivity index (χ0) is 22.0. The molecule has 0 spiro atoms. The van der Waals surface area contributed by atoms with Crippen LogP contribution in [0.3, 0.4) is 0 Å². The number of hydrogen-bond acceptors (Lipinski definition) is 5. The zero-order valence-electron chi connectivity index (χ0n) is 17.6. The number of hydrogen-bond donors (Lipinski definition) is 1. The molecule has 0 aliphatic heterocycles. The molecule has 0 aliphatic rings. The molecule has 1 amide bonds. The molecule has 8 heteroatoms. The molecule has 0 saturated heterocycles. The number of ether oxygens (including phenoxy) is 1. The smallest absolute Gasteiger partial charge is 0.264 e. The zero-order valence-corrected chi connectivity index (χ0v) is 17.6. The van der Waals surface area contributed by atoms with Gasteiger partial charge in [0.25, 0.3) is 5.56 Å². The van der Waals surface area contributed by atoms with Crippen molar-refractivity contribution in [3.63, 3.8) is 0 Å². The lowest BCUT2D eigenvalue weighted by Crippen LogP contribution is -2.26. The fourth-order valence-corrected chi connectivity index (χ4v) is 3.42.